The van der Waals surface area contributed by atoms with Gasteiger partial charge in [0.05, 0.1) is 23.9 Å². The van der Waals surface area contributed by atoms with Gasteiger partial charge in [-0.25, -0.2) is 4.79 Å². The van der Waals surface area contributed by atoms with E-state index in [9.17, 15) is 9.59 Å². The van der Waals surface area contributed by atoms with Gasteiger partial charge in [0.1, 0.15) is 0 Å². The molecule has 5 heteroatoms. The molecule has 4 nitrogen and oxygen atoms in total. The number of hydrogen-bond donors (Lipinski definition) is 0. The number of fused-ring (bicyclic) bond motifs is 1. The van der Waals surface area contributed by atoms with Crippen molar-refractivity contribution in [3.05, 3.63) is 89.1 Å². The fraction of sp³-hybridized carbons (Fsp3) is 0.120. The first kappa shape index (κ1) is 20.0. The van der Waals surface area contributed by atoms with Crippen molar-refractivity contribution >= 4 is 46.2 Å². The number of allylic oxidation sites excluding steroid dienone is 1. The predicted octanol–water partition coefficient (Wildman–Crippen LogP) is 5.44. The maximum Gasteiger partial charge on any atom is 0.340 e. The molecule has 1 aliphatic heterocycles. The Morgan fingerprint density at radius 2 is 1.77 bits per heavy atom. The number of hydrogen-bond acceptors (Lipinski definition) is 4. The van der Waals surface area contributed by atoms with E-state index >= 15 is 0 Å². The zero-order valence-corrected chi connectivity index (χ0v) is 17.8. The Bertz CT molecular complexity index is 1220. The summed E-state index contributed by atoms with van der Waals surface area (Å²) >= 11 is 1.60. The van der Waals surface area contributed by atoms with Crippen molar-refractivity contribution in [1.29, 1.82) is 0 Å². The topological polar surface area (TPSA) is 46.6 Å². The van der Waals surface area contributed by atoms with Crippen LogP contribution < -0.4 is 4.90 Å². The van der Waals surface area contributed by atoms with E-state index in [4.69, 9.17) is 4.74 Å². The molecule has 1 amide bonds. The lowest BCUT2D eigenvalue weighted by Gasteiger charge is -2.18. The van der Waals surface area contributed by atoms with Crippen LogP contribution in [0.15, 0.2) is 88.5 Å². The maximum absolute atomic E-state index is 13.5. The van der Waals surface area contributed by atoms with E-state index in [1.807, 2.05) is 73.0 Å². The molecule has 3 aromatic carbocycles. The molecule has 0 radical (unpaired) electrons. The molecule has 0 spiro atoms. The van der Waals surface area contributed by atoms with Crippen molar-refractivity contribution in [3.8, 4) is 0 Å². The Morgan fingerprint density at radius 3 is 2.53 bits per heavy atom. The highest BCUT2D eigenvalue weighted by atomic mass is 32.2. The minimum atomic E-state index is -0.518. The van der Waals surface area contributed by atoms with Gasteiger partial charge < -0.3 is 4.74 Å². The number of anilines is 1. The Morgan fingerprint density at radius 1 is 1.03 bits per heavy atom. The first-order valence-corrected chi connectivity index (χ1v) is 10.7. The summed E-state index contributed by atoms with van der Waals surface area (Å²) in [5, 5.41) is 2.09. The second-order valence-electron chi connectivity index (χ2n) is 6.92. The van der Waals surface area contributed by atoms with E-state index < -0.39 is 5.97 Å². The summed E-state index contributed by atoms with van der Waals surface area (Å²) in [6, 6.07) is 21.6. The molecule has 0 saturated carbocycles. The predicted molar refractivity (Wildman–Crippen MR) is 122 cm³/mol. The first-order chi connectivity index (χ1) is 14.5. The number of benzene rings is 3. The van der Waals surface area contributed by atoms with Crippen molar-refractivity contribution in [3.63, 3.8) is 0 Å². The Balaban J connectivity index is 1.89. The summed E-state index contributed by atoms with van der Waals surface area (Å²) in [6.45, 7) is 1.78. The summed E-state index contributed by atoms with van der Waals surface area (Å²) in [7, 11) is 1.33. The van der Waals surface area contributed by atoms with Crippen molar-refractivity contribution in [2.75, 3.05) is 18.3 Å². The minimum absolute atomic E-state index is 0.237. The van der Waals surface area contributed by atoms with Crippen LogP contribution in [0.1, 0.15) is 12.5 Å². The second kappa shape index (κ2) is 8.20. The molecule has 30 heavy (non-hydrogen) atoms. The van der Waals surface area contributed by atoms with Gasteiger partial charge in [-0.2, -0.15) is 0 Å². The van der Waals surface area contributed by atoms with Crippen molar-refractivity contribution < 1.29 is 14.3 Å². The highest BCUT2D eigenvalue weighted by Crippen LogP contribution is 2.37. The summed E-state index contributed by atoms with van der Waals surface area (Å²) in [5.74, 6) is -0.755. The van der Waals surface area contributed by atoms with Crippen LogP contribution >= 0.6 is 11.8 Å². The molecular formula is C25H21NO3S. The van der Waals surface area contributed by atoms with E-state index in [0.717, 1.165) is 26.9 Å². The molecule has 0 N–H and O–H groups in total. The molecule has 0 atom stereocenters. The van der Waals surface area contributed by atoms with Crippen LogP contribution in [-0.2, 0) is 14.3 Å². The molecule has 0 aromatic heterocycles. The smallest absolute Gasteiger partial charge is 0.340 e. The van der Waals surface area contributed by atoms with Gasteiger partial charge in [-0.1, -0.05) is 48.5 Å². The third-order valence-corrected chi connectivity index (χ3v) is 5.95. The van der Waals surface area contributed by atoms with Gasteiger partial charge in [-0.05, 0) is 53.8 Å². The highest BCUT2D eigenvalue weighted by Gasteiger charge is 2.38. The highest BCUT2D eigenvalue weighted by molar-refractivity contribution is 7.98. The normalized spacial score (nSPS) is 15.4. The average Bonchev–Trinajstić information content (AvgIpc) is 3.02. The number of ether oxygens (including phenoxy) is 1. The molecule has 4 rings (SSSR count). The molecule has 0 aliphatic carbocycles. The molecular weight excluding hydrogens is 394 g/mol. The number of esters is 1. The second-order valence-corrected chi connectivity index (χ2v) is 7.80. The van der Waals surface area contributed by atoms with Crippen LogP contribution in [-0.4, -0.2) is 25.2 Å². The van der Waals surface area contributed by atoms with Crippen molar-refractivity contribution in [1.82, 2.24) is 0 Å². The van der Waals surface area contributed by atoms with E-state index in [-0.39, 0.29) is 5.91 Å². The summed E-state index contributed by atoms with van der Waals surface area (Å²) < 4.78 is 5.02. The van der Waals surface area contributed by atoms with Gasteiger partial charge in [0.15, 0.2) is 0 Å². The van der Waals surface area contributed by atoms with Crippen LogP contribution in [0.2, 0.25) is 0 Å². The van der Waals surface area contributed by atoms with Gasteiger partial charge in [-0.3, -0.25) is 9.69 Å². The lowest BCUT2D eigenvalue weighted by atomic mass is 9.99. The summed E-state index contributed by atoms with van der Waals surface area (Å²) in [6.07, 6.45) is 3.78. The number of methoxy groups -OCH3 is 1. The molecule has 150 valence electrons. The quantitative estimate of drug-likeness (QED) is 0.323. The number of carbonyl (C=O) groups is 2. The molecule has 1 heterocycles. The van der Waals surface area contributed by atoms with Gasteiger partial charge >= 0.3 is 5.97 Å². The van der Waals surface area contributed by atoms with Crippen LogP contribution in [0.3, 0.4) is 0 Å². The van der Waals surface area contributed by atoms with Crippen LogP contribution in [0.4, 0.5) is 5.69 Å². The van der Waals surface area contributed by atoms with Crippen LogP contribution in [0.5, 0.6) is 0 Å². The Hall–Kier alpha value is -3.31. The fourth-order valence-corrected chi connectivity index (χ4v) is 4.23. The van der Waals surface area contributed by atoms with Crippen molar-refractivity contribution in [2.24, 2.45) is 0 Å². The Kier molecular flexibility index (Phi) is 5.46. The molecule has 0 bridgehead atoms. The third-order valence-electron chi connectivity index (χ3n) is 5.22. The van der Waals surface area contributed by atoms with Crippen LogP contribution in [0, 0.1) is 0 Å². The lowest BCUT2D eigenvalue weighted by molar-refractivity contribution is -0.136. The van der Waals surface area contributed by atoms with Gasteiger partial charge in [0, 0.05) is 10.6 Å². The zero-order valence-electron chi connectivity index (χ0n) is 17.0. The van der Waals surface area contributed by atoms with E-state index in [2.05, 4.69) is 0 Å². The average molecular weight is 416 g/mol. The zero-order chi connectivity index (χ0) is 21.3. The fourth-order valence-electron chi connectivity index (χ4n) is 3.77. The SMILES string of the molecule is COC(=O)C1=C(C)N(c2cccc(SC)c2)C(=O)/C1=C\c1cccc2ccccc12. The van der Waals surface area contributed by atoms with Crippen LogP contribution in [0.25, 0.3) is 16.8 Å². The van der Waals surface area contributed by atoms with Gasteiger partial charge in [0.25, 0.3) is 5.91 Å². The summed E-state index contributed by atoms with van der Waals surface area (Å²) in [4.78, 5) is 28.7. The largest absolute Gasteiger partial charge is 0.465 e. The lowest BCUT2D eigenvalue weighted by Crippen LogP contribution is -2.24. The number of carbonyl (C=O) groups excluding carboxylic acids is 2. The number of amides is 1. The minimum Gasteiger partial charge on any atom is -0.465 e. The maximum atomic E-state index is 13.5. The monoisotopic (exact) mass is 415 g/mol. The molecule has 1 aliphatic rings. The first-order valence-electron chi connectivity index (χ1n) is 9.52. The standard InChI is InChI=1S/C25H21NO3S/c1-16-23(25(28)29-2)22(14-18-10-6-9-17-8-4-5-13-21(17)18)24(27)26(16)19-11-7-12-20(15-19)30-3/h4-15H,1-3H3/b22-14-. The van der Waals surface area contributed by atoms with Gasteiger partial charge in [0.2, 0.25) is 0 Å². The third kappa shape index (κ3) is 3.42. The number of thioether (sulfide) groups is 1. The molecule has 0 fully saturated rings. The molecule has 0 unspecified atom stereocenters. The van der Waals surface area contributed by atoms with Crippen molar-refractivity contribution in [2.45, 2.75) is 11.8 Å². The summed E-state index contributed by atoms with van der Waals surface area (Å²) in [5.41, 5.74) is 2.81. The van der Waals surface area contributed by atoms with E-state index in [1.165, 1.54) is 7.11 Å². The Labute approximate surface area is 179 Å². The van der Waals surface area contributed by atoms with E-state index in [1.54, 1.807) is 29.7 Å². The number of rotatable bonds is 4. The number of nitrogens with zero attached hydrogens (tertiary/aromatic N) is 1. The molecule has 0 saturated heterocycles. The molecule has 3 aromatic rings. The van der Waals surface area contributed by atoms with E-state index in [0.29, 0.717) is 16.8 Å². The van der Waals surface area contributed by atoms with Gasteiger partial charge in [-0.15, -0.1) is 11.8 Å².